The Morgan fingerprint density at radius 2 is 1.89 bits per heavy atom. The zero-order valence-corrected chi connectivity index (χ0v) is 10.9. The summed E-state index contributed by atoms with van der Waals surface area (Å²) in [7, 11) is 0. The third-order valence-corrected chi connectivity index (χ3v) is 3.50. The number of rotatable bonds is 3. The standard InChI is InChI=1S/C13H12F3NOS/c1-8(18)11-7-19-12(17-11)6-9-2-4-10(5-3-9)13(14,15)16/h2-5,7-8,18H,6H2,1H3. The van der Waals surface area contributed by atoms with Crippen molar-refractivity contribution < 1.29 is 18.3 Å². The first kappa shape index (κ1) is 14.0. The summed E-state index contributed by atoms with van der Waals surface area (Å²) < 4.78 is 37.2. The molecule has 1 heterocycles. The molecule has 0 aliphatic rings. The summed E-state index contributed by atoms with van der Waals surface area (Å²) in [6, 6.07) is 5.04. The second-order valence-electron chi connectivity index (χ2n) is 4.21. The lowest BCUT2D eigenvalue weighted by Gasteiger charge is -2.06. The van der Waals surface area contributed by atoms with Gasteiger partial charge in [-0.1, -0.05) is 12.1 Å². The average Bonchev–Trinajstić information content (AvgIpc) is 2.77. The van der Waals surface area contributed by atoms with Crippen molar-refractivity contribution in [3.8, 4) is 0 Å². The predicted octanol–water partition coefficient (Wildman–Crippen LogP) is 3.81. The first-order valence-corrected chi connectivity index (χ1v) is 6.53. The highest BCUT2D eigenvalue weighted by Crippen LogP contribution is 2.29. The molecular weight excluding hydrogens is 275 g/mol. The van der Waals surface area contributed by atoms with E-state index >= 15 is 0 Å². The number of nitrogens with zero attached hydrogens (tertiary/aromatic N) is 1. The third-order valence-electron chi connectivity index (χ3n) is 2.63. The van der Waals surface area contributed by atoms with Crippen LogP contribution in [-0.4, -0.2) is 10.1 Å². The Bertz CT molecular complexity index is 546. The van der Waals surface area contributed by atoms with Crippen molar-refractivity contribution in [1.82, 2.24) is 4.98 Å². The van der Waals surface area contributed by atoms with Crippen LogP contribution in [0.4, 0.5) is 13.2 Å². The Hall–Kier alpha value is -1.40. The molecule has 0 fully saturated rings. The monoisotopic (exact) mass is 287 g/mol. The van der Waals surface area contributed by atoms with Gasteiger partial charge in [0.15, 0.2) is 0 Å². The largest absolute Gasteiger partial charge is 0.416 e. The fourth-order valence-electron chi connectivity index (χ4n) is 1.58. The van der Waals surface area contributed by atoms with Crippen molar-refractivity contribution in [3.63, 3.8) is 0 Å². The quantitative estimate of drug-likeness (QED) is 0.931. The van der Waals surface area contributed by atoms with E-state index in [0.717, 1.165) is 22.7 Å². The van der Waals surface area contributed by atoms with Crippen LogP contribution in [0.1, 0.15) is 34.9 Å². The zero-order chi connectivity index (χ0) is 14.0. The van der Waals surface area contributed by atoms with E-state index in [4.69, 9.17) is 0 Å². The number of benzene rings is 1. The number of hydrogen-bond donors (Lipinski definition) is 1. The topological polar surface area (TPSA) is 33.1 Å². The highest BCUT2D eigenvalue weighted by Gasteiger charge is 2.29. The summed E-state index contributed by atoms with van der Waals surface area (Å²) in [6.45, 7) is 1.62. The van der Waals surface area contributed by atoms with Gasteiger partial charge in [0.2, 0.25) is 0 Å². The van der Waals surface area contributed by atoms with Gasteiger partial charge in [-0.2, -0.15) is 13.2 Å². The van der Waals surface area contributed by atoms with E-state index in [1.165, 1.54) is 23.5 Å². The molecule has 102 valence electrons. The van der Waals surface area contributed by atoms with E-state index in [-0.39, 0.29) is 0 Å². The molecule has 6 heteroatoms. The van der Waals surface area contributed by atoms with E-state index in [1.54, 1.807) is 12.3 Å². The molecule has 2 nitrogen and oxygen atoms in total. The maximum atomic E-state index is 12.4. The van der Waals surface area contributed by atoms with Crippen molar-refractivity contribution in [1.29, 1.82) is 0 Å². The Balaban J connectivity index is 2.11. The van der Waals surface area contributed by atoms with E-state index in [1.807, 2.05) is 0 Å². The van der Waals surface area contributed by atoms with Crippen molar-refractivity contribution in [2.24, 2.45) is 0 Å². The molecule has 1 aromatic heterocycles. The molecule has 0 amide bonds. The lowest BCUT2D eigenvalue weighted by Crippen LogP contribution is -2.04. The van der Waals surface area contributed by atoms with Crippen molar-refractivity contribution >= 4 is 11.3 Å². The van der Waals surface area contributed by atoms with Gasteiger partial charge in [-0.15, -0.1) is 11.3 Å². The van der Waals surface area contributed by atoms with Crippen LogP contribution < -0.4 is 0 Å². The normalized spacial score (nSPS) is 13.5. The van der Waals surface area contributed by atoms with E-state index in [0.29, 0.717) is 12.1 Å². The molecule has 0 bridgehead atoms. The van der Waals surface area contributed by atoms with Crippen molar-refractivity contribution in [2.45, 2.75) is 25.6 Å². The SMILES string of the molecule is CC(O)c1csc(Cc2ccc(C(F)(F)F)cc2)n1. The lowest BCUT2D eigenvalue weighted by atomic mass is 10.1. The number of aromatic nitrogens is 1. The molecule has 0 aliphatic carbocycles. The van der Waals surface area contributed by atoms with Gasteiger partial charge < -0.3 is 5.11 Å². The molecule has 0 radical (unpaired) electrons. The van der Waals surface area contributed by atoms with E-state index in [9.17, 15) is 18.3 Å². The first-order chi connectivity index (χ1) is 8.86. The molecule has 0 aliphatic heterocycles. The summed E-state index contributed by atoms with van der Waals surface area (Å²) in [5.74, 6) is 0. The minimum Gasteiger partial charge on any atom is -0.387 e. The van der Waals surface area contributed by atoms with Crippen LogP contribution in [0.15, 0.2) is 29.6 Å². The minimum atomic E-state index is -4.31. The van der Waals surface area contributed by atoms with Crippen LogP contribution in [0.3, 0.4) is 0 Å². The van der Waals surface area contributed by atoms with Gasteiger partial charge in [-0.25, -0.2) is 4.98 Å². The summed E-state index contributed by atoms with van der Waals surface area (Å²) in [6.07, 6.45) is -4.47. The Morgan fingerprint density at radius 3 is 2.37 bits per heavy atom. The Morgan fingerprint density at radius 1 is 1.26 bits per heavy atom. The molecule has 1 N–H and O–H groups in total. The number of thiazole rings is 1. The van der Waals surface area contributed by atoms with Crippen LogP contribution in [0.2, 0.25) is 0 Å². The van der Waals surface area contributed by atoms with Gasteiger partial charge in [0.05, 0.1) is 22.4 Å². The highest BCUT2D eigenvalue weighted by molar-refractivity contribution is 7.09. The van der Waals surface area contributed by atoms with E-state index in [2.05, 4.69) is 4.98 Å². The van der Waals surface area contributed by atoms with Gasteiger partial charge in [0.1, 0.15) is 0 Å². The maximum absolute atomic E-state index is 12.4. The predicted molar refractivity (Wildman–Crippen MR) is 67.0 cm³/mol. The Kier molecular flexibility index (Phi) is 3.91. The maximum Gasteiger partial charge on any atom is 0.416 e. The van der Waals surface area contributed by atoms with Crippen LogP contribution in [0, 0.1) is 0 Å². The molecule has 19 heavy (non-hydrogen) atoms. The van der Waals surface area contributed by atoms with E-state index < -0.39 is 17.8 Å². The molecule has 1 unspecified atom stereocenters. The smallest absolute Gasteiger partial charge is 0.387 e. The highest BCUT2D eigenvalue weighted by atomic mass is 32.1. The molecule has 0 saturated carbocycles. The van der Waals surface area contributed by atoms with Crippen LogP contribution in [0.5, 0.6) is 0 Å². The number of aliphatic hydroxyl groups is 1. The molecule has 0 spiro atoms. The van der Waals surface area contributed by atoms with Crippen LogP contribution in [0.25, 0.3) is 0 Å². The average molecular weight is 287 g/mol. The van der Waals surface area contributed by atoms with Gasteiger partial charge in [-0.05, 0) is 24.6 Å². The number of halogens is 3. The molecule has 1 aromatic carbocycles. The molecule has 1 atom stereocenters. The lowest BCUT2D eigenvalue weighted by molar-refractivity contribution is -0.137. The number of hydrogen-bond acceptors (Lipinski definition) is 3. The fraction of sp³-hybridized carbons (Fsp3) is 0.308. The minimum absolute atomic E-state index is 0.468. The van der Waals surface area contributed by atoms with Gasteiger partial charge in [-0.3, -0.25) is 0 Å². The van der Waals surface area contributed by atoms with Crippen LogP contribution >= 0.6 is 11.3 Å². The summed E-state index contributed by atoms with van der Waals surface area (Å²) in [5, 5.41) is 11.9. The second kappa shape index (κ2) is 5.30. The Labute approximate surface area is 112 Å². The summed E-state index contributed by atoms with van der Waals surface area (Å²) in [4.78, 5) is 4.22. The van der Waals surface area contributed by atoms with Gasteiger partial charge in [0.25, 0.3) is 0 Å². The number of alkyl halides is 3. The summed E-state index contributed by atoms with van der Waals surface area (Å²) in [5.41, 5.74) is 0.700. The van der Waals surface area contributed by atoms with Crippen LogP contribution in [-0.2, 0) is 12.6 Å². The second-order valence-corrected chi connectivity index (χ2v) is 5.16. The van der Waals surface area contributed by atoms with Crippen molar-refractivity contribution in [3.05, 3.63) is 51.5 Å². The molecule has 2 rings (SSSR count). The summed E-state index contributed by atoms with van der Waals surface area (Å²) >= 11 is 1.39. The molecular formula is C13H12F3NOS. The number of aliphatic hydroxyl groups excluding tert-OH is 1. The molecule has 2 aromatic rings. The zero-order valence-electron chi connectivity index (χ0n) is 10.1. The van der Waals surface area contributed by atoms with Gasteiger partial charge >= 0.3 is 6.18 Å². The first-order valence-electron chi connectivity index (χ1n) is 5.65. The third kappa shape index (κ3) is 3.54. The van der Waals surface area contributed by atoms with Gasteiger partial charge in [0, 0.05) is 11.8 Å². The molecule has 0 saturated heterocycles. The fourth-order valence-corrected chi connectivity index (χ4v) is 2.50. The van der Waals surface area contributed by atoms with Crippen molar-refractivity contribution in [2.75, 3.05) is 0 Å².